The third-order valence-corrected chi connectivity index (χ3v) is 6.17. The average Bonchev–Trinajstić information content (AvgIpc) is 3.33. The van der Waals surface area contributed by atoms with Crippen LogP contribution in [0.3, 0.4) is 0 Å². The highest BCUT2D eigenvalue weighted by molar-refractivity contribution is 5.67. The lowest BCUT2D eigenvalue weighted by atomic mass is 9.98. The number of fused-ring (bicyclic) bond motifs is 4. The van der Waals surface area contributed by atoms with Crippen LogP contribution >= 0.6 is 0 Å². The molecule has 5 saturated heterocycles. The fourth-order valence-electron chi connectivity index (χ4n) is 4.99. The molecule has 10 atom stereocenters. The van der Waals surface area contributed by atoms with Gasteiger partial charge in [0.2, 0.25) is 0 Å². The largest absolute Gasteiger partial charge is 0.509 e. The number of esters is 1. The van der Waals surface area contributed by atoms with Crippen molar-refractivity contribution in [1.29, 1.82) is 0 Å². The Morgan fingerprint density at radius 3 is 2.24 bits per heavy atom. The number of hydrogen-bond acceptors (Lipinski definition) is 12. The van der Waals surface area contributed by atoms with Crippen LogP contribution in [0, 0.1) is 0 Å². The molecule has 0 spiro atoms. The molecule has 0 amide bonds. The molecule has 33 heavy (non-hydrogen) atoms. The van der Waals surface area contributed by atoms with Crippen molar-refractivity contribution in [1.82, 2.24) is 0 Å². The molecular formula is C21H30O12. The van der Waals surface area contributed by atoms with E-state index in [2.05, 4.69) is 0 Å². The fraction of sp³-hybridized carbons (Fsp3) is 0.905. The molecule has 5 fully saturated rings. The fourth-order valence-corrected chi connectivity index (χ4v) is 4.99. The Balaban J connectivity index is 1.29. The van der Waals surface area contributed by atoms with Crippen LogP contribution in [-0.4, -0.2) is 91.7 Å². The van der Waals surface area contributed by atoms with E-state index in [0.29, 0.717) is 0 Å². The zero-order chi connectivity index (χ0) is 23.7. The Hall–Kier alpha value is -1.54. The summed E-state index contributed by atoms with van der Waals surface area (Å²) in [7, 11) is 0. The molecule has 186 valence electrons. The van der Waals surface area contributed by atoms with Crippen LogP contribution < -0.4 is 0 Å². The lowest BCUT2D eigenvalue weighted by molar-refractivity contribution is -0.295. The Kier molecular flexibility index (Phi) is 5.63. The molecule has 0 radical (unpaired) electrons. The van der Waals surface area contributed by atoms with Crippen molar-refractivity contribution in [2.24, 2.45) is 0 Å². The molecule has 0 saturated carbocycles. The molecule has 0 aliphatic carbocycles. The molecule has 5 rings (SSSR count). The summed E-state index contributed by atoms with van der Waals surface area (Å²) < 4.78 is 57.9. The van der Waals surface area contributed by atoms with Crippen LogP contribution in [0.1, 0.15) is 41.5 Å². The minimum absolute atomic E-state index is 0.0318. The summed E-state index contributed by atoms with van der Waals surface area (Å²) in [4.78, 5) is 23.3. The standard InChI is InChI=1S/C21H30O12/c1-8-11(26-9(2)22)13-15(29-19(23)28-13)17(25-8)24-7-10-12-14(31-20(3,4)30-12)16-18(27-10)33-21(5,6)32-16/h8,10-18H,7H2,1-6H3/t8-,10+,11-,12-,13+,14-,15+,16+,17+,18+/m0/s1. The molecule has 12 heteroatoms. The number of carbonyl (C=O) groups is 2. The van der Waals surface area contributed by atoms with Gasteiger partial charge in [-0.3, -0.25) is 4.79 Å². The molecule has 5 heterocycles. The molecule has 12 nitrogen and oxygen atoms in total. The van der Waals surface area contributed by atoms with Gasteiger partial charge in [0.05, 0.1) is 12.7 Å². The third-order valence-electron chi connectivity index (χ3n) is 6.17. The second-order valence-electron chi connectivity index (χ2n) is 9.74. The van der Waals surface area contributed by atoms with E-state index in [1.54, 1.807) is 6.92 Å². The minimum atomic E-state index is -0.962. The third kappa shape index (κ3) is 4.33. The Labute approximate surface area is 190 Å². The van der Waals surface area contributed by atoms with Gasteiger partial charge in [-0.15, -0.1) is 0 Å². The Bertz CT molecular complexity index is 798. The van der Waals surface area contributed by atoms with Gasteiger partial charge in [-0.1, -0.05) is 0 Å². The lowest BCUT2D eigenvalue weighted by Crippen LogP contribution is -2.59. The maximum absolute atomic E-state index is 11.8. The van der Waals surface area contributed by atoms with Gasteiger partial charge in [0.25, 0.3) is 0 Å². The van der Waals surface area contributed by atoms with Crippen molar-refractivity contribution >= 4 is 12.1 Å². The second kappa shape index (κ2) is 8.01. The SMILES string of the molecule is CC(=O)O[C@@H]1[C@H]2OC(=O)O[C@H]2[C@H](OC[C@H]2O[C@@H]3OC(C)(C)O[C@@H]3[C@H]3OC(C)(C)O[C@H]32)O[C@H]1C. The van der Waals surface area contributed by atoms with Crippen molar-refractivity contribution < 1.29 is 57.0 Å². The maximum Gasteiger partial charge on any atom is 0.509 e. The van der Waals surface area contributed by atoms with Gasteiger partial charge in [0.1, 0.15) is 24.4 Å². The van der Waals surface area contributed by atoms with Gasteiger partial charge >= 0.3 is 12.1 Å². The number of ether oxygens (including phenoxy) is 10. The average molecular weight is 474 g/mol. The molecule has 0 aromatic carbocycles. The summed E-state index contributed by atoms with van der Waals surface area (Å²) in [5, 5.41) is 0. The minimum Gasteiger partial charge on any atom is -0.456 e. The maximum atomic E-state index is 11.8. The summed E-state index contributed by atoms with van der Waals surface area (Å²) in [5.74, 6) is -2.19. The van der Waals surface area contributed by atoms with Crippen LogP contribution in [0.5, 0.6) is 0 Å². The highest BCUT2D eigenvalue weighted by atomic mass is 16.9. The summed E-state index contributed by atoms with van der Waals surface area (Å²) in [5.41, 5.74) is 0. The first-order chi connectivity index (χ1) is 15.4. The zero-order valence-corrected chi connectivity index (χ0v) is 19.4. The van der Waals surface area contributed by atoms with Crippen molar-refractivity contribution in [2.45, 2.75) is 115 Å². The van der Waals surface area contributed by atoms with Crippen LogP contribution in [0.2, 0.25) is 0 Å². The van der Waals surface area contributed by atoms with Crippen LogP contribution in [-0.2, 0) is 52.2 Å². The lowest BCUT2D eigenvalue weighted by Gasteiger charge is -2.41. The van der Waals surface area contributed by atoms with Gasteiger partial charge in [0, 0.05) is 6.92 Å². The quantitative estimate of drug-likeness (QED) is 0.539. The van der Waals surface area contributed by atoms with E-state index >= 15 is 0 Å². The summed E-state index contributed by atoms with van der Waals surface area (Å²) in [6, 6.07) is 0. The number of carbonyl (C=O) groups excluding carboxylic acids is 2. The van der Waals surface area contributed by atoms with Crippen molar-refractivity contribution in [3.05, 3.63) is 0 Å². The first-order valence-electron chi connectivity index (χ1n) is 11.1. The highest BCUT2D eigenvalue weighted by Crippen LogP contribution is 2.44. The van der Waals surface area contributed by atoms with E-state index in [9.17, 15) is 9.59 Å². The van der Waals surface area contributed by atoms with Gasteiger partial charge in [-0.2, -0.15) is 0 Å². The Morgan fingerprint density at radius 2 is 1.52 bits per heavy atom. The van der Waals surface area contributed by atoms with E-state index in [-0.39, 0.29) is 6.61 Å². The van der Waals surface area contributed by atoms with Gasteiger partial charge in [0.15, 0.2) is 42.5 Å². The van der Waals surface area contributed by atoms with E-state index in [1.807, 2.05) is 27.7 Å². The normalized spacial score (nSPS) is 47.2. The van der Waals surface area contributed by atoms with E-state index in [1.165, 1.54) is 6.92 Å². The predicted octanol–water partition coefficient (Wildman–Crippen LogP) is 0.980. The summed E-state index contributed by atoms with van der Waals surface area (Å²) in [6.45, 7) is 10.3. The van der Waals surface area contributed by atoms with Crippen LogP contribution in [0.25, 0.3) is 0 Å². The molecule has 5 aliphatic rings. The molecule has 0 unspecified atom stereocenters. The van der Waals surface area contributed by atoms with Crippen LogP contribution in [0.15, 0.2) is 0 Å². The molecule has 0 N–H and O–H groups in total. The van der Waals surface area contributed by atoms with E-state index < -0.39 is 85.1 Å². The topological polar surface area (TPSA) is 126 Å². The molecule has 0 aromatic heterocycles. The summed E-state index contributed by atoms with van der Waals surface area (Å²) >= 11 is 0. The molecule has 5 aliphatic heterocycles. The molecule has 0 bridgehead atoms. The first-order valence-corrected chi connectivity index (χ1v) is 11.1. The Morgan fingerprint density at radius 1 is 0.879 bits per heavy atom. The van der Waals surface area contributed by atoms with E-state index in [0.717, 1.165) is 0 Å². The van der Waals surface area contributed by atoms with Gasteiger partial charge in [-0.05, 0) is 34.6 Å². The van der Waals surface area contributed by atoms with Gasteiger partial charge < -0.3 is 47.4 Å². The molecular weight excluding hydrogens is 444 g/mol. The molecule has 0 aromatic rings. The van der Waals surface area contributed by atoms with Gasteiger partial charge in [-0.25, -0.2) is 4.79 Å². The van der Waals surface area contributed by atoms with Crippen molar-refractivity contribution in [2.75, 3.05) is 6.61 Å². The number of rotatable bonds is 4. The number of hydrogen-bond donors (Lipinski definition) is 0. The smallest absolute Gasteiger partial charge is 0.456 e. The van der Waals surface area contributed by atoms with E-state index in [4.69, 9.17) is 47.4 Å². The predicted molar refractivity (Wildman–Crippen MR) is 104 cm³/mol. The monoisotopic (exact) mass is 474 g/mol. The van der Waals surface area contributed by atoms with Crippen LogP contribution in [0.4, 0.5) is 4.79 Å². The summed E-state index contributed by atoms with van der Waals surface area (Å²) in [6.07, 6.45) is -7.60. The second-order valence-corrected chi connectivity index (χ2v) is 9.74. The van der Waals surface area contributed by atoms with Crippen molar-refractivity contribution in [3.63, 3.8) is 0 Å². The van der Waals surface area contributed by atoms with Crippen molar-refractivity contribution in [3.8, 4) is 0 Å². The first kappa shape index (κ1) is 23.2. The highest BCUT2D eigenvalue weighted by Gasteiger charge is 2.61. The zero-order valence-electron chi connectivity index (χ0n) is 19.4.